The molecule has 1 amide bonds. The van der Waals surface area contributed by atoms with E-state index >= 15 is 0 Å². The Balaban J connectivity index is 2.22. The Labute approximate surface area is 121 Å². The molecule has 0 fully saturated rings. The van der Waals surface area contributed by atoms with Crippen LogP contribution in [0, 0.1) is 11.6 Å². The molecule has 2 rings (SSSR count). The maximum Gasteiger partial charge on any atom is 0.239 e. The summed E-state index contributed by atoms with van der Waals surface area (Å²) in [5.74, 6) is -1.62. The molecule has 0 aliphatic heterocycles. The van der Waals surface area contributed by atoms with E-state index in [0.29, 0.717) is 11.1 Å². The van der Waals surface area contributed by atoms with Gasteiger partial charge in [-0.3, -0.25) is 4.79 Å². The Morgan fingerprint density at radius 2 is 2.26 bits per heavy atom. The number of nitrogens with one attached hydrogen (secondary N) is 1. The number of thiazole rings is 1. The fraction of sp³-hybridized carbons (Fsp3) is 0.333. The van der Waals surface area contributed by atoms with Crippen molar-refractivity contribution in [2.75, 3.05) is 5.32 Å². The monoisotopic (exact) mass is 348 g/mol. The van der Waals surface area contributed by atoms with Gasteiger partial charge in [0.15, 0.2) is 10.9 Å². The minimum atomic E-state index is -0.726. The number of carbonyl (C=O) groups excluding carboxylic acids is 1. The highest BCUT2D eigenvalue weighted by atomic mass is 79.9. The Kier molecular flexibility index (Phi) is 4.46. The lowest BCUT2D eigenvalue weighted by Gasteiger charge is -2.06. The van der Waals surface area contributed by atoms with Crippen LogP contribution in [-0.2, 0) is 4.79 Å². The molecule has 1 aromatic carbocycles. The van der Waals surface area contributed by atoms with Crippen LogP contribution in [-0.4, -0.2) is 15.7 Å². The van der Waals surface area contributed by atoms with Gasteiger partial charge < -0.3 is 5.32 Å². The van der Waals surface area contributed by atoms with E-state index in [4.69, 9.17) is 0 Å². The van der Waals surface area contributed by atoms with Gasteiger partial charge in [0.2, 0.25) is 5.91 Å². The van der Waals surface area contributed by atoms with Crippen LogP contribution in [0.4, 0.5) is 13.9 Å². The number of hydrogen-bond acceptors (Lipinski definition) is 3. The summed E-state index contributed by atoms with van der Waals surface area (Å²) in [4.78, 5) is 15.4. The van der Waals surface area contributed by atoms with Crippen molar-refractivity contribution in [2.45, 2.75) is 24.6 Å². The van der Waals surface area contributed by atoms with Crippen molar-refractivity contribution in [2.24, 2.45) is 0 Å². The van der Waals surface area contributed by atoms with Crippen LogP contribution in [0.1, 0.15) is 19.8 Å². The molecule has 19 heavy (non-hydrogen) atoms. The van der Waals surface area contributed by atoms with E-state index in [1.54, 1.807) is 0 Å². The van der Waals surface area contributed by atoms with Crippen molar-refractivity contribution < 1.29 is 13.6 Å². The van der Waals surface area contributed by atoms with E-state index in [2.05, 4.69) is 26.2 Å². The molecule has 0 bridgehead atoms. The van der Waals surface area contributed by atoms with Gasteiger partial charge in [0.1, 0.15) is 11.3 Å². The first-order valence-electron chi connectivity index (χ1n) is 5.71. The van der Waals surface area contributed by atoms with Gasteiger partial charge in [-0.25, -0.2) is 13.8 Å². The largest absolute Gasteiger partial charge is 0.301 e. The van der Waals surface area contributed by atoms with Crippen molar-refractivity contribution in [1.29, 1.82) is 0 Å². The zero-order valence-electron chi connectivity index (χ0n) is 10.0. The number of nitrogens with zero attached hydrogens (tertiary/aromatic N) is 1. The summed E-state index contributed by atoms with van der Waals surface area (Å²) < 4.78 is 26.9. The molecule has 0 saturated carbocycles. The average molecular weight is 349 g/mol. The number of benzene rings is 1. The summed E-state index contributed by atoms with van der Waals surface area (Å²) in [6.07, 6.45) is 1.56. The first kappa shape index (κ1) is 14.3. The molecule has 0 spiro atoms. The van der Waals surface area contributed by atoms with Crippen molar-refractivity contribution in [3.05, 3.63) is 23.8 Å². The fourth-order valence-electron chi connectivity index (χ4n) is 1.58. The highest BCUT2D eigenvalue weighted by molar-refractivity contribution is 9.10. The van der Waals surface area contributed by atoms with E-state index in [1.165, 1.54) is 6.07 Å². The van der Waals surface area contributed by atoms with Gasteiger partial charge in [-0.05, 0) is 12.5 Å². The smallest absolute Gasteiger partial charge is 0.239 e. The highest BCUT2D eigenvalue weighted by Gasteiger charge is 2.17. The zero-order valence-corrected chi connectivity index (χ0v) is 12.4. The molecule has 0 saturated heterocycles. The highest BCUT2D eigenvalue weighted by Crippen LogP contribution is 2.29. The third kappa shape index (κ3) is 3.27. The molecular weight excluding hydrogens is 338 g/mol. The number of carbonyl (C=O) groups is 1. The molecule has 7 heteroatoms. The molecule has 1 heterocycles. The van der Waals surface area contributed by atoms with Crippen molar-refractivity contribution in [1.82, 2.24) is 4.98 Å². The molecule has 1 aromatic heterocycles. The maximum atomic E-state index is 13.5. The summed E-state index contributed by atoms with van der Waals surface area (Å²) in [7, 11) is 0. The molecule has 0 aliphatic carbocycles. The van der Waals surface area contributed by atoms with Gasteiger partial charge in [0, 0.05) is 6.07 Å². The van der Waals surface area contributed by atoms with Crippen LogP contribution in [0.15, 0.2) is 12.1 Å². The minimum absolute atomic E-state index is 0.0725. The third-order valence-corrected chi connectivity index (χ3v) is 4.26. The maximum absolute atomic E-state index is 13.5. The van der Waals surface area contributed by atoms with Gasteiger partial charge in [-0.2, -0.15) is 0 Å². The Hall–Kier alpha value is -1.08. The first-order chi connectivity index (χ1) is 9.01. The quantitative estimate of drug-likeness (QED) is 0.846. The summed E-state index contributed by atoms with van der Waals surface area (Å²) >= 11 is 4.31. The van der Waals surface area contributed by atoms with Gasteiger partial charge in [0.05, 0.1) is 9.53 Å². The van der Waals surface area contributed by atoms with E-state index in [0.717, 1.165) is 23.8 Å². The van der Waals surface area contributed by atoms with Crippen LogP contribution in [0.25, 0.3) is 10.2 Å². The molecule has 1 N–H and O–H groups in total. The topological polar surface area (TPSA) is 42.0 Å². The van der Waals surface area contributed by atoms with Crippen LogP contribution in [0.3, 0.4) is 0 Å². The van der Waals surface area contributed by atoms with E-state index in [1.807, 2.05) is 6.92 Å². The van der Waals surface area contributed by atoms with Crippen LogP contribution in [0.2, 0.25) is 0 Å². The van der Waals surface area contributed by atoms with Crippen LogP contribution >= 0.6 is 27.3 Å². The average Bonchev–Trinajstić information content (AvgIpc) is 2.72. The fourth-order valence-corrected chi connectivity index (χ4v) is 3.06. The molecule has 0 aliphatic rings. The first-order valence-corrected chi connectivity index (χ1v) is 7.45. The molecule has 3 nitrogen and oxygen atoms in total. The molecular formula is C12H11BrF2N2OS. The van der Waals surface area contributed by atoms with E-state index < -0.39 is 11.6 Å². The lowest BCUT2D eigenvalue weighted by molar-refractivity contribution is -0.115. The number of anilines is 1. The van der Waals surface area contributed by atoms with Crippen molar-refractivity contribution in [3.8, 4) is 0 Å². The number of amides is 1. The van der Waals surface area contributed by atoms with Crippen LogP contribution < -0.4 is 5.32 Å². The molecule has 1 atom stereocenters. The lowest BCUT2D eigenvalue weighted by atomic mass is 10.2. The number of aromatic nitrogens is 1. The van der Waals surface area contributed by atoms with Gasteiger partial charge in [0.25, 0.3) is 0 Å². The standard InChI is InChI=1S/C12H11BrF2N2OS/c1-2-3-7(13)11(18)17-12-16-10-8(15)4-6(14)5-9(10)19-12/h4-5,7H,2-3H2,1H3,(H,16,17,18)/t7-/m1/s1. The molecule has 2 aromatic rings. The summed E-state index contributed by atoms with van der Waals surface area (Å²) in [6, 6.07) is 1.97. The zero-order chi connectivity index (χ0) is 14.0. The Morgan fingerprint density at radius 3 is 2.95 bits per heavy atom. The van der Waals surface area contributed by atoms with E-state index in [9.17, 15) is 13.6 Å². The molecule has 102 valence electrons. The summed E-state index contributed by atoms with van der Waals surface area (Å²) in [5.41, 5.74) is 0.0725. The Bertz CT molecular complexity index is 617. The predicted octanol–water partition coefficient (Wildman–Crippen LogP) is 4.08. The Morgan fingerprint density at radius 1 is 1.53 bits per heavy atom. The van der Waals surface area contributed by atoms with Gasteiger partial charge in [-0.1, -0.05) is 40.6 Å². The number of alkyl halides is 1. The van der Waals surface area contributed by atoms with E-state index in [-0.39, 0.29) is 21.4 Å². The third-order valence-electron chi connectivity index (χ3n) is 2.47. The SMILES string of the molecule is CCC[C@@H](Br)C(=O)Nc1nc2c(F)cc(F)cc2s1. The van der Waals surface area contributed by atoms with Gasteiger partial charge >= 0.3 is 0 Å². The minimum Gasteiger partial charge on any atom is -0.301 e. The second-order valence-electron chi connectivity index (χ2n) is 4.00. The number of halogens is 3. The number of hydrogen-bond donors (Lipinski definition) is 1. The van der Waals surface area contributed by atoms with Crippen molar-refractivity contribution in [3.63, 3.8) is 0 Å². The predicted molar refractivity (Wildman–Crippen MR) is 75.8 cm³/mol. The number of rotatable bonds is 4. The summed E-state index contributed by atoms with van der Waals surface area (Å²) in [6.45, 7) is 1.97. The van der Waals surface area contributed by atoms with Gasteiger partial charge in [-0.15, -0.1) is 0 Å². The lowest BCUT2D eigenvalue weighted by Crippen LogP contribution is -2.22. The number of fused-ring (bicyclic) bond motifs is 1. The normalized spacial score (nSPS) is 12.6. The van der Waals surface area contributed by atoms with Crippen molar-refractivity contribution >= 4 is 48.5 Å². The summed E-state index contributed by atoms with van der Waals surface area (Å²) in [5, 5.41) is 2.86. The molecule has 0 radical (unpaired) electrons. The van der Waals surface area contributed by atoms with Crippen LogP contribution in [0.5, 0.6) is 0 Å². The molecule has 0 unspecified atom stereocenters. The second-order valence-corrected chi connectivity index (χ2v) is 6.13. The second kappa shape index (κ2) is 5.92.